The predicted molar refractivity (Wildman–Crippen MR) is 86.6 cm³/mol. The summed E-state index contributed by atoms with van der Waals surface area (Å²) in [5.74, 6) is -11.5. The van der Waals surface area contributed by atoms with Gasteiger partial charge in [0.15, 0.2) is 23.3 Å². The summed E-state index contributed by atoms with van der Waals surface area (Å²) >= 11 is 0. The van der Waals surface area contributed by atoms with Gasteiger partial charge in [-0.3, -0.25) is 4.79 Å². The van der Waals surface area contributed by atoms with Crippen LogP contribution in [0.4, 0.5) is 33.3 Å². The van der Waals surface area contributed by atoms with Gasteiger partial charge >= 0.3 is 0 Å². The Morgan fingerprint density at radius 1 is 1.04 bits per heavy atom. The Balaban J connectivity index is 1.82. The van der Waals surface area contributed by atoms with Gasteiger partial charge in [-0.15, -0.1) is 0 Å². The SMILES string of the molecule is Cc1ccc2c(c1)CCCN2CC(=O)Nc1c(F)c(F)c(F)c(F)c1F. The molecule has 0 aliphatic carbocycles. The second kappa shape index (κ2) is 6.93. The highest BCUT2D eigenvalue weighted by molar-refractivity contribution is 5.94. The van der Waals surface area contributed by atoms with E-state index >= 15 is 0 Å². The zero-order chi connectivity index (χ0) is 19.0. The number of nitrogens with zero attached hydrogens (tertiary/aromatic N) is 1. The zero-order valence-corrected chi connectivity index (χ0v) is 13.8. The van der Waals surface area contributed by atoms with Crippen molar-refractivity contribution >= 4 is 17.3 Å². The van der Waals surface area contributed by atoms with Gasteiger partial charge in [-0.1, -0.05) is 17.7 Å². The monoisotopic (exact) mass is 370 g/mol. The van der Waals surface area contributed by atoms with E-state index in [1.807, 2.05) is 25.1 Å². The molecular formula is C18H15F5N2O. The number of amides is 1. The van der Waals surface area contributed by atoms with Gasteiger partial charge in [-0.05, 0) is 31.4 Å². The molecule has 0 spiro atoms. The number of carbonyl (C=O) groups excluding carboxylic acids is 1. The summed E-state index contributed by atoms with van der Waals surface area (Å²) in [5.41, 5.74) is 1.58. The molecule has 0 saturated carbocycles. The van der Waals surface area contributed by atoms with Crippen LogP contribution in [0, 0.1) is 36.0 Å². The van der Waals surface area contributed by atoms with Gasteiger partial charge in [0.1, 0.15) is 5.69 Å². The average molecular weight is 370 g/mol. The molecule has 138 valence electrons. The number of halogens is 5. The van der Waals surface area contributed by atoms with Crippen molar-refractivity contribution in [1.82, 2.24) is 0 Å². The van der Waals surface area contributed by atoms with Crippen molar-refractivity contribution in [1.29, 1.82) is 0 Å². The van der Waals surface area contributed by atoms with Gasteiger partial charge in [-0.2, -0.15) is 0 Å². The van der Waals surface area contributed by atoms with Crippen LogP contribution in [0.3, 0.4) is 0 Å². The van der Waals surface area contributed by atoms with Gasteiger partial charge in [-0.25, -0.2) is 22.0 Å². The second-order valence-electron chi connectivity index (χ2n) is 6.15. The Morgan fingerprint density at radius 2 is 1.65 bits per heavy atom. The molecule has 0 aromatic heterocycles. The van der Waals surface area contributed by atoms with Crippen LogP contribution in [0.15, 0.2) is 18.2 Å². The average Bonchev–Trinajstić information content (AvgIpc) is 2.62. The van der Waals surface area contributed by atoms with Crippen molar-refractivity contribution in [3.63, 3.8) is 0 Å². The highest BCUT2D eigenvalue weighted by Crippen LogP contribution is 2.29. The first-order chi connectivity index (χ1) is 12.3. The third kappa shape index (κ3) is 3.23. The fraction of sp³-hybridized carbons (Fsp3) is 0.278. The predicted octanol–water partition coefficient (Wildman–Crippen LogP) is 4.08. The number of rotatable bonds is 3. The molecule has 2 aromatic carbocycles. The molecule has 1 aliphatic heterocycles. The third-order valence-corrected chi connectivity index (χ3v) is 4.26. The van der Waals surface area contributed by atoms with Crippen molar-refractivity contribution < 1.29 is 26.7 Å². The van der Waals surface area contributed by atoms with E-state index in [9.17, 15) is 26.7 Å². The molecule has 0 unspecified atom stereocenters. The first-order valence-electron chi connectivity index (χ1n) is 7.95. The minimum absolute atomic E-state index is 0.268. The number of nitrogens with one attached hydrogen (secondary N) is 1. The van der Waals surface area contributed by atoms with Gasteiger partial charge < -0.3 is 10.2 Å². The quantitative estimate of drug-likeness (QED) is 0.502. The van der Waals surface area contributed by atoms with Crippen molar-refractivity contribution in [3.05, 3.63) is 58.4 Å². The van der Waals surface area contributed by atoms with Gasteiger partial charge in [0.25, 0.3) is 0 Å². The number of benzene rings is 2. The number of anilines is 2. The third-order valence-electron chi connectivity index (χ3n) is 4.26. The van der Waals surface area contributed by atoms with E-state index in [1.165, 1.54) is 0 Å². The Labute approximate surface area is 146 Å². The maximum absolute atomic E-state index is 13.7. The molecule has 3 nitrogen and oxygen atoms in total. The molecule has 3 rings (SSSR count). The topological polar surface area (TPSA) is 32.3 Å². The lowest BCUT2D eigenvalue weighted by molar-refractivity contribution is -0.115. The normalized spacial score (nSPS) is 13.5. The number of carbonyl (C=O) groups is 1. The molecule has 1 aliphatic rings. The lowest BCUT2D eigenvalue weighted by atomic mass is 9.99. The molecule has 8 heteroatoms. The van der Waals surface area contributed by atoms with Crippen LogP contribution >= 0.6 is 0 Å². The van der Waals surface area contributed by atoms with E-state index in [1.54, 1.807) is 10.2 Å². The molecular weight excluding hydrogens is 355 g/mol. The zero-order valence-electron chi connectivity index (χ0n) is 13.8. The molecule has 26 heavy (non-hydrogen) atoms. The number of aryl methyl sites for hydroxylation is 2. The summed E-state index contributed by atoms with van der Waals surface area (Å²) in [5, 5.41) is 1.80. The van der Waals surface area contributed by atoms with E-state index < -0.39 is 40.7 Å². The lowest BCUT2D eigenvalue weighted by Gasteiger charge is -2.31. The molecule has 0 radical (unpaired) electrons. The van der Waals surface area contributed by atoms with Crippen molar-refractivity contribution in [2.75, 3.05) is 23.3 Å². The molecule has 0 fully saturated rings. The van der Waals surface area contributed by atoms with Crippen LogP contribution in [0.5, 0.6) is 0 Å². The fourth-order valence-electron chi connectivity index (χ4n) is 3.04. The van der Waals surface area contributed by atoms with Gasteiger partial charge in [0.05, 0.1) is 6.54 Å². The first kappa shape index (κ1) is 18.2. The molecule has 1 amide bonds. The summed E-state index contributed by atoms with van der Waals surface area (Å²) in [6.45, 7) is 2.21. The summed E-state index contributed by atoms with van der Waals surface area (Å²) in [7, 11) is 0. The van der Waals surface area contributed by atoms with E-state index in [-0.39, 0.29) is 6.54 Å². The van der Waals surface area contributed by atoms with Crippen LogP contribution in [0.25, 0.3) is 0 Å². The molecule has 0 saturated heterocycles. The van der Waals surface area contributed by atoms with E-state index in [0.717, 1.165) is 29.7 Å². The summed E-state index contributed by atoms with van der Waals surface area (Å²) in [6.07, 6.45) is 1.62. The molecule has 2 aromatic rings. The largest absolute Gasteiger partial charge is 0.362 e. The smallest absolute Gasteiger partial charge is 0.244 e. The lowest BCUT2D eigenvalue weighted by Crippen LogP contribution is -2.37. The maximum Gasteiger partial charge on any atom is 0.244 e. The van der Waals surface area contributed by atoms with E-state index in [4.69, 9.17) is 0 Å². The Hall–Kier alpha value is -2.64. The molecule has 0 atom stereocenters. The van der Waals surface area contributed by atoms with Crippen LogP contribution in [0.2, 0.25) is 0 Å². The Morgan fingerprint density at radius 3 is 2.31 bits per heavy atom. The Kier molecular flexibility index (Phi) is 4.84. The minimum atomic E-state index is -2.27. The van der Waals surface area contributed by atoms with E-state index in [2.05, 4.69) is 0 Å². The maximum atomic E-state index is 13.7. The second-order valence-corrected chi connectivity index (χ2v) is 6.15. The Bertz CT molecular complexity index is 855. The van der Waals surface area contributed by atoms with Crippen molar-refractivity contribution in [3.8, 4) is 0 Å². The van der Waals surface area contributed by atoms with Crippen LogP contribution in [0.1, 0.15) is 17.5 Å². The highest BCUT2D eigenvalue weighted by atomic mass is 19.2. The number of fused-ring (bicyclic) bond motifs is 1. The van der Waals surface area contributed by atoms with E-state index in [0.29, 0.717) is 6.54 Å². The van der Waals surface area contributed by atoms with Crippen LogP contribution < -0.4 is 10.2 Å². The summed E-state index contributed by atoms with van der Waals surface area (Å²) < 4.78 is 66.9. The summed E-state index contributed by atoms with van der Waals surface area (Å²) in [4.78, 5) is 13.9. The molecule has 1 heterocycles. The standard InChI is InChI=1S/C18H15F5N2O/c1-9-4-5-11-10(7-9)3-2-6-25(11)8-12(26)24-18-16(22)14(20)13(19)15(21)17(18)23/h4-5,7H,2-3,6,8H2,1H3,(H,24,26). The molecule has 1 N–H and O–H groups in total. The van der Waals surface area contributed by atoms with Gasteiger partial charge in [0, 0.05) is 12.2 Å². The molecule has 0 bridgehead atoms. The van der Waals surface area contributed by atoms with Gasteiger partial charge in [0.2, 0.25) is 11.7 Å². The minimum Gasteiger partial charge on any atom is -0.362 e. The summed E-state index contributed by atoms with van der Waals surface area (Å²) in [6, 6.07) is 5.71. The van der Waals surface area contributed by atoms with Crippen LogP contribution in [-0.2, 0) is 11.2 Å². The van der Waals surface area contributed by atoms with Crippen molar-refractivity contribution in [2.45, 2.75) is 19.8 Å². The number of hydrogen-bond acceptors (Lipinski definition) is 2. The highest BCUT2D eigenvalue weighted by Gasteiger charge is 2.27. The number of hydrogen-bond donors (Lipinski definition) is 1. The van der Waals surface area contributed by atoms with Crippen LogP contribution in [-0.4, -0.2) is 19.0 Å². The first-order valence-corrected chi connectivity index (χ1v) is 7.95. The van der Waals surface area contributed by atoms with Crippen molar-refractivity contribution in [2.24, 2.45) is 0 Å². The fourth-order valence-corrected chi connectivity index (χ4v) is 3.04.